The van der Waals surface area contributed by atoms with Crippen molar-refractivity contribution in [2.75, 3.05) is 6.61 Å². The first-order valence-electron chi connectivity index (χ1n) is 6.07. The minimum atomic E-state index is -0.884. The van der Waals surface area contributed by atoms with Crippen molar-refractivity contribution in [3.8, 4) is 5.75 Å². The predicted molar refractivity (Wildman–Crippen MR) is 69.9 cm³/mol. The second-order valence-electron chi connectivity index (χ2n) is 4.52. The number of hydrogen-bond acceptors (Lipinski definition) is 2. The van der Waals surface area contributed by atoms with Crippen LogP contribution in [0.15, 0.2) is 36.4 Å². The van der Waals surface area contributed by atoms with Crippen LogP contribution < -0.4 is 10.5 Å². The van der Waals surface area contributed by atoms with Crippen LogP contribution in [0, 0.1) is 24.4 Å². The molecule has 0 amide bonds. The number of rotatable bonds is 4. The van der Waals surface area contributed by atoms with Crippen molar-refractivity contribution in [2.45, 2.75) is 13.0 Å². The van der Waals surface area contributed by atoms with Gasteiger partial charge in [0, 0.05) is 5.56 Å². The maximum Gasteiger partial charge on any atom is 0.165 e. The highest BCUT2D eigenvalue weighted by Crippen LogP contribution is 2.21. The number of aryl methyl sites for hydroxylation is 1. The Morgan fingerprint density at radius 3 is 2.50 bits per heavy atom. The summed E-state index contributed by atoms with van der Waals surface area (Å²) in [6, 6.07) is 6.53. The lowest BCUT2D eigenvalue weighted by Gasteiger charge is -2.15. The highest BCUT2D eigenvalue weighted by molar-refractivity contribution is 5.30. The Kier molecular flexibility index (Phi) is 4.29. The van der Waals surface area contributed by atoms with Gasteiger partial charge in [-0.25, -0.2) is 13.2 Å². The Balaban J connectivity index is 2.10. The van der Waals surface area contributed by atoms with Gasteiger partial charge in [0.2, 0.25) is 0 Å². The van der Waals surface area contributed by atoms with E-state index in [0.717, 1.165) is 23.8 Å². The number of halogens is 3. The van der Waals surface area contributed by atoms with Gasteiger partial charge in [-0.1, -0.05) is 6.07 Å². The topological polar surface area (TPSA) is 35.2 Å². The molecular weight excluding hydrogens is 267 g/mol. The first-order chi connectivity index (χ1) is 9.47. The molecule has 1 atom stereocenters. The largest absolute Gasteiger partial charge is 0.489 e. The van der Waals surface area contributed by atoms with Gasteiger partial charge in [-0.15, -0.1) is 0 Å². The summed E-state index contributed by atoms with van der Waals surface area (Å²) in [6.45, 7) is 1.64. The van der Waals surface area contributed by atoms with Crippen LogP contribution >= 0.6 is 0 Å². The molecule has 20 heavy (non-hydrogen) atoms. The number of benzene rings is 2. The van der Waals surface area contributed by atoms with E-state index in [9.17, 15) is 13.2 Å². The summed E-state index contributed by atoms with van der Waals surface area (Å²) in [6.07, 6.45) is 0. The molecule has 0 aromatic heterocycles. The average molecular weight is 281 g/mol. The molecule has 2 rings (SSSR count). The van der Waals surface area contributed by atoms with E-state index in [0.29, 0.717) is 0 Å². The quantitative estimate of drug-likeness (QED) is 0.931. The molecule has 0 fully saturated rings. The zero-order valence-electron chi connectivity index (χ0n) is 10.9. The van der Waals surface area contributed by atoms with E-state index in [4.69, 9.17) is 10.5 Å². The maximum absolute atomic E-state index is 13.5. The van der Waals surface area contributed by atoms with Gasteiger partial charge in [-0.3, -0.25) is 0 Å². The van der Waals surface area contributed by atoms with Crippen LogP contribution in [0.25, 0.3) is 0 Å². The number of hydrogen-bond donors (Lipinski definition) is 1. The van der Waals surface area contributed by atoms with E-state index in [2.05, 4.69) is 0 Å². The van der Waals surface area contributed by atoms with Gasteiger partial charge in [0.1, 0.15) is 18.2 Å². The number of ether oxygens (including phenoxy) is 1. The van der Waals surface area contributed by atoms with Crippen LogP contribution in [0.1, 0.15) is 17.2 Å². The lowest BCUT2D eigenvalue weighted by molar-refractivity contribution is 0.274. The van der Waals surface area contributed by atoms with E-state index >= 15 is 0 Å². The molecule has 1 unspecified atom stereocenters. The van der Waals surface area contributed by atoms with Crippen LogP contribution in [0.3, 0.4) is 0 Å². The second-order valence-corrected chi connectivity index (χ2v) is 4.52. The Morgan fingerprint density at radius 2 is 1.75 bits per heavy atom. The highest BCUT2D eigenvalue weighted by Gasteiger charge is 2.14. The Bertz CT molecular complexity index is 616. The summed E-state index contributed by atoms with van der Waals surface area (Å²) >= 11 is 0. The fourth-order valence-electron chi connectivity index (χ4n) is 1.79. The predicted octanol–water partition coefficient (Wildman–Crippen LogP) is 3.49. The fraction of sp³-hybridized carbons (Fsp3) is 0.200. The Labute approximate surface area is 115 Å². The van der Waals surface area contributed by atoms with Gasteiger partial charge < -0.3 is 10.5 Å². The van der Waals surface area contributed by atoms with Gasteiger partial charge >= 0.3 is 0 Å². The van der Waals surface area contributed by atoms with Crippen molar-refractivity contribution >= 4 is 0 Å². The minimum absolute atomic E-state index is 0.00180. The summed E-state index contributed by atoms with van der Waals surface area (Å²) in [5.74, 6) is -1.69. The zero-order chi connectivity index (χ0) is 14.7. The van der Waals surface area contributed by atoms with Gasteiger partial charge in [0.15, 0.2) is 11.6 Å². The van der Waals surface area contributed by atoms with Crippen molar-refractivity contribution in [1.29, 1.82) is 0 Å². The van der Waals surface area contributed by atoms with Crippen LogP contribution in [0.4, 0.5) is 13.2 Å². The molecule has 0 aliphatic carbocycles. The van der Waals surface area contributed by atoms with Crippen LogP contribution in [0.2, 0.25) is 0 Å². The van der Waals surface area contributed by atoms with Crippen molar-refractivity contribution < 1.29 is 17.9 Å². The first-order valence-corrected chi connectivity index (χ1v) is 6.07. The Hall–Kier alpha value is -2.01. The Morgan fingerprint density at radius 1 is 1.05 bits per heavy atom. The molecule has 0 aliphatic heterocycles. The van der Waals surface area contributed by atoms with E-state index in [1.165, 1.54) is 12.1 Å². The summed E-state index contributed by atoms with van der Waals surface area (Å²) in [7, 11) is 0. The molecule has 2 aromatic carbocycles. The van der Waals surface area contributed by atoms with Crippen molar-refractivity contribution in [3.05, 3.63) is 65.0 Å². The average Bonchev–Trinajstić information content (AvgIpc) is 2.42. The van der Waals surface area contributed by atoms with E-state index in [1.807, 2.05) is 0 Å². The third-order valence-corrected chi connectivity index (χ3v) is 2.86. The SMILES string of the molecule is Cc1ccc(F)c(OCC(N)c2cc(F)ccc2F)c1. The zero-order valence-corrected chi connectivity index (χ0v) is 10.9. The molecule has 0 saturated heterocycles. The summed E-state index contributed by atoms with van der Waals surface area (Å²) in [4.78, 5) is 0. The lowest BCUT2D eigenvalue weighted by atomic mass is 10.1. The summed E-state index contributed by atoms with van der Waals surface area (Å²) < 4.78 is 45.3. The standard InChI is InChI=1S/C15H14F3NO/c1-9-2-4-13(18)15(6-9)20-8-14(19)11-7-10(16)3-5-12(11)17/h2-7,14H,8,19H2,1H3. The molecule has 0 bridgehead atoms. The molecule has 0 aliphatic rings. The fourth-order valence-corrected chi connectivity index (χ4v) is 1.79. The van der Waals surface area contributed by atoms with E-state index in [-0.39, 0.29) is 17.9 Å². The van der Waals surface area contributed by atoms with Gasteiger partial charge in [-0.2, -0.15) is 0 Å². The van der Waals surface area contributed by atoms with Crippen molar-refractivity contribution in [3.63, 3.8) is 0 Å². The van der Waals surface area contributed by atoms with Gasteiger partial charge in [-0.05, 0) is 42.8 Å². The molecule has 2 aromatic rings. The molecule has 0 spiro atoms. The van der Waals surface area contributed by atoms with Crippen LogP contribution in [-0.2, 0) is 0 Å². The molecule has 5 heteroatoms. The molecular formula is C15H14F3NO. The first kappa shape index (κ1) is 14.4. The summed E-state index contributed by atoms with van der Waals surface area (Å²) in [5, 5.41) is 0. The summed E-state index contributed by atoms with van der Waals surface area (Å²) in [5.41, 5.74) is 6.57. The third-order valence-electron chi connectivity index (χ3n) is 2.86. The monoisotopic (exact) mass is 281 g/mol. The minimum Gasteiger partial charge on any atom is -0.489 e. The molecule has 2 N–H and O–H groups in total. The highest BCUT2D eigenvalue weighted by atomic mass is 19.1. The van der Waals surface area contributed by atoms with E-state index < -0.39 is 23.5 Å². The molecule has 106 valence electrons. The molecule has 0 heterocycles. The molecule has 2 nitrogen and oxygen atoms in total. The smallest absolute Gasteiger partial charge is 0.165 e. The number of nitrogens with two attached hydrogens (primary N) is 1. The van der Waals surface area contributed by atoms with Gasteiger partial charge in [0.05, 0.1) is 6.04 Å². The van der Waals surface area contributed by atoms with Crippen LogP contribution in [0.5, 0.6) is 5.75 Å². The van der Waals surface area contributed by atoms with Crippen LogP contribution in [-0.4, -0.2) is 6.61 Å². The molecule has 0 radical (unpaired) electrons. The lowest BCUT2D eigenvalue weighted by Crippen LogP contribution is -2.20. The van der Waals surface area contributed by atoms with Crippen molar-refractivity contribution in [2.24, 2.45) is 5.73 Å². The normalized spacial score (nSPS) is 12.2. The van der Waals surface area contributed by atoms with Crippen molar-refractivity contribution in [1.82, 2.24) is 0 Å². The van der Waals surface area contributed by atoms with E-state index in [1.54, 1.807) is 13.0 Å². The molecule has 0 saturated carbocycles. The second kappa shape index (κ2) is 5.96. The maximum atomic E-state index is 13.5. The third kappa shape index (κ3) is 3.30. The van der Waals surface area contributed by atoms with Gasteiger partial charge in [0.25, 0.3) is 0 Å².